The molecule has 2 nitrogen and oxygen atoms in total. The Morgan fingerprint density at radius 2 is 2.07 bits per heavy atom. The first-order chi connectivity index (χ1) is 6.54. The molecule has 2 atom stereocenters. The lowest BCUT2D eigenvalue weighted by Crippen LogP contribution is -2.48. The van der Waals surface area contributed by atoms with Crippen LogP contribution in [0.25, 0.3) is 0 Å². The van der Waals surface area contributed by atoms with Crippen molar-refractivity contribution >= 4 is 7.85 Å². The summed E-state index contributed by atoms with van der Waals surface area (Å²) < 4.78 is 11.9. The SMILES string of the molecule is BCCCCC(C)(N)C(O)CCCF. The van der Waals surface area contributed by atoms with Crippen LogP contribution in [0.2, 0.25) is 6.32 Å². The van der Waals surface area contributed by atoms with Crippen molar-refractivity contribution in [2.24, 2.45) is 5.73 Å². The van der Waals surface area contributed by atoms with E-state index in [1.807, 2.05) is 6.92 Å². The Kier molecular flexibility index (Phi) is 7.19. The van der Waals surface area contributed by atoms with Crippen molar-refractivity contribution in [1.82, 2.24) is 0 Å². The summed E-state index contributed by atoms with van der Waals surface area (Å²) in [4.78, 5) is 0. The van der Waals surface area contributed by atoms with Crippen LogP contribution in [0.1, 0.15) is 39.0 Å². The molecule has 84 valence electrons. The molecule has 0 aliphatic carbocycles. The standard InChI is InChI=1S/C10H23BFNO/c1-10(13,6-2-3-7-11)9(14)5-4-8-12/h9,14H,2-8,11,13H2,1H3. The van der Waals surface area contributed by atoms with E-state index in [-0.39, 0.29) is 6.67 Å². The van der Waals surface area contributed by atoms with Gasteiger partial charge >= 0.3 is 0 Å². The second kappa shape index (κ2) is 7.24. The molecule has 0 aliphatic rings. The predicted molar refractivity (Wildman–Crippen MR) is 61.0 cm³/mol. The molecule has 0 rings (SSSR count). The highest BCUT2D eigenvalue weighted by molar-refractivity contribution is 6.08. The summed E-state index contributed by atoms with van der Waals surface area (Å²) in [7, 11) is 2.13. The summed E-state index contributed by atoms with van der Waals surface area (Å²) in [5, 5.41) is 9.72. The summed E-state index contributed by atoms with van der Waals surface area (Å²) in [5.41, 5.74) is 5.42. The van der Waals surface area contributed by atoms with E-state index in [1.165, 1.54) is 0 Å². The Morgan fingerprint density at radius 1 is 1.43 bits per heavy atom. The molecule has 0 saturated heterocycles. The van der Waals surface area contributed by atoms with Crippen molar-refractivity contribution in [3.63, 3.8) is 0 Å². The minimum atomic E-state index is -0.574. The summed E-state index contributed by atoms with van der Waals surface area (Å²) in [6.07, 6.45) is 4.44. The maximum Gasteiger partial charge on any atom is 0.101 e. The molecule has 14 heavy (non-hydrogen) atoms. The molecule has 0 amide bonds. The van der Waals surface area contributed by atoms with Crippen LogP contribution in [-0.2, 0) is 0 Å². The zero-order valence-corrected chi connectivity index (χ0v) is 9.43. The number of aliphatic hydroxyl groups excluding tert-OH is 1. The third-order valence-corrected chi connectivity index (χ3v) is 2.69. The monoisotopic (exact) mass is 203 g/mol. The fourth-order valence-electron chi connectivity index (χ4n) is 1.52. The Morgan fingerprint density at radius 3 is 2.57 bits per heavy atom. The van der Waals surface area contributed by atoms with Crippen LogP contribution in [0.3, 0.4) is 0 Å². The summed E-state index contributed by atoms with van der Waals surface area (Å²) in [5.74, 6) is 0. The Balaban J connectivity index is 3.77. The first-order valence-corrected chi connectivity index (χ1v) is 5.57. The first kappa shape index (κ1) is 13.9. The lowest BCUT2D eigenvalue weighted by Gasteiger charge is -2.30. The van der Waals surface area contributed by atoms with E-state index in [4.69, 9.17) is 5.73 Å². The van der Waals surface area contributed by atoms with Gasteiger partial charge in [0.25, 0.3) is 0 Å². The molecule has 3 N–H and O–H groups in total. The maximum absolute atomic E-state index is 11.9. The number of hydrogen-bond acceptors (Lipinski definition) is 2. The van der Waals surface area contributed by atoms with E-state index in [9.17, 15) is 9.50 Å². The molecule has 0 fully saturated rings. The van der Waals surface area contributed by atoms with Crippen LogP contribution in [-0.4, -0.2) is 31.3 Å². The average molecular weight is 203 g/mol. The minimum absolute atomic E-state index is 0.373. The fraction of sp³-hybridized carbons (Fsp3) is 1.00. The van der Waals surface area contributed by atoms with Crippen LogP contribution in [0, 0.1) is 0 Å². The number of halogens is 1. The average Bonchev–Trinajstić information content (AvgIpc) is 2.14. The van der Waals surface area contributed by atoms with Crippen molar-refractivity contribution < 1.29 is 9.50 Å². The molecular weight excluding hydrogens is 180 g/mol. The Bertz CT molecular complexity index is 144. The van der Waals surface area contributed by atoms with Crippen molar-refractivity contribution in [2.45, 2.75) is 57.0 Å². The van der Waals surface area contributed by atoms with Gasteiger partial charge in [-0.2, -0.15) is 0 Å². The van der Waals surface area contributed by atoms with Crippen LogP contribution in [0.15, 0.2) is 0 Å². The Labute approximate surface area is 87.5 Å². The van der Waals surface area contributed by atoms with Gasteiger partial charge < -0.3 is 10.8 Å². The van der Waals surface area contributed by atoms with E-state index in [0.717, 1.165) is 25.6 Å². The summed E-state index contributed by atoms with van der Waals surface area (Å²) in [6, 6.07) is 0. The highest BCUT2D eigenvalue weighted by atomic mass is 19.1. The van der Waals surface area contributed by atoms with Gasteiger partial charge in [-0.3, -0.25) is 4.39 Å². The smallest absolute Gasteiger partial charge is 0.101 e. The number of nitrogens with two attached hydrogens (primary N) is 1. The van der Waals surface area contributed by atoms with E-state index >= 15 is 0 Å². The highest BCUT2D eigenvalue weighted by Gasteiger charge is 2.27. The molecule has 0 aromatic heterocycles. The van der Waals surface area contributed by atoms with Gasteiger partial charge in [-0.15, -0.1) is 0 Å². The van der Waals surface area contributed by atoms with Crippen LogP contribution in [0.4, 0.5) is 4.39 Å². The molecule has 0 saturated carbocycles. The van der Waals surface area contributed by atoms with Crippen molar-refractivity contribution in [2.75, 3.05) is 6.67 Å². The van der Waals surface area contributed by atoms with Crippen molar-refractivity contribution in [3.05, 3.63) is 0 Å². The number of hydrogen-bond donors (Lipinski definition) is 2. The maximum atomic E-state index is 11.9. The first-order valence-electron chi connectivity index (χ1n) is 5.57. The molecule has 0 spiro atoms. The number of alkyl halides is 1. The molecule has 0 heterocycles. The minimum Gasteiger partial charge on any atom is -0.391 e. The van der Waals surface area contributed by atoms with Gasteiger partial charge in [-0.1, -0.05) is 19.2 Å². The van der Waals surface area contributed by atoms with E-state index in [0.29, 0.717) is 12.8 Å². The molecular formula is C10H23BFNO. The van der Waals surface area contributed by atoms with E-state index in [2.05, 4.69) is 7.85 Å². The lowest BCUT2D eigenvalue weighted by molar-refractivity contribution is 0.0755. The van der Waals surface area contributed by atoms with Gasteiger partial charge in [0.2, 0.25) is 0 Å². The number of rotatable bonds is 8. The normalized spacial score (nSPS) is 17.7. The molecule has 2 unspecified atom stereocenters. The van der Waals surface area contributed by atoms with Crippen LogP contribution >= 0.6 is 0 Å². The Hall–Kier alpha value is -0.0851. The van der Waals surface area contributed by atoms with Crippen LogP contribution < -0.4 is 5.73 Å². The van der Waals surface area contributed by atoms with Gasteiger partial charge in [0, 0.05) is 5.54 Å². The van der Waals surface area contributed by atoms with Gasteiger partial charge in [0.05, 0.1) is 12.8 Å². The van der Waals surface area contributed by atoms with Gasteiger partial charge in [-0.25, -0.2) is 0 Å². The van der Waals surface area contributed by atoms with Gasteiger partial charge in [-0.05, 0) is 26.2 Å². The van der Waals surface area contributed by atoms with E-state index in [1.54, 1.807) is 0 Å². The second-order valence-electron chi connectivity index (χ2n) is 4.31. The molecule has 0 aromatic carbocycles. The zero-order chi connectivity index (χ0) is 11.0. The number of aliphatic hydroxyl groups is 1. The zero-order valence-electron chi connectivity index (χ0n) is 9.43. The lowest BCUT2D eigenvalue weighted by atomic mass is 9.86. The van der Waals surface area contributed by atoms with Gasteiger partial charge in [0.1, 0.15) is 7.85 Å². The second-order valence-corrected chi connectivity index (χ2v) is 4.31. The largest absolute Gasteiger partial charge is 0.391 e. The summed E-state index contributed by atoms with van der Waals surface area (Å²) in [6.45, 7) is 1.48. The molecule has 0 bridgehead atoms. The molecule has 4 heteroatoms. The van der Waals surface area contributed by atoms with Crippen molar-refractivity contribution in [3.8, 4) is 0 Å². The van der Waals surface area contributed by atoms with Gasteiger partial charge in [0.15, 0.2) is 0 Å². The third kappa shape index (κ3) is 5.60. The summed E-state index contributed by atoms with van der Waals surface area (Å²) >= 11 is 0. The predicted octanol–water partition coefficient (Wildman–Crippen LogP) is 1.04. The number of unbranched alkanes of at least 4 members (excludes halogenated alkanes) is 1. The van der Waals surface area contributed by atoms with E-state index < -0.39 is 11.6 Å². The molecule has 0 radical (unpaired) electrons. The molecule has 0 aromatic rings. The third-order valence-electron chi connectivity index (χ3n) is 2.69. The topological polar surface area (TPSA) is 46.2 Å². The fourth-order valence-corrected chi connectivity index (χ4v) is 1.52. The van der Waals surface area contributed by atoms with Crippen molar-refractivity contribution in [1.29, 1.82) is 0 Å². The van der Waals surface area contributed by atoms with Crippen LogP contribution in [0.5, 0.6) is 0 Å². The quantitative estimate of drug-likeness (QED) is 0.457. The highest BCUT2D eigenvalue weighted by Crippen LogP contribution is 2.19. The molecule has 0 aliphatic heterocycles.